The number of phenols is 1. The highest BCUT2D eigenvalue weighted by Gasteiger charge is 2.03. The van der Waals surface area contributed by atoms with E-state index < -0.39 is 0 Å². The van der Waals surface area contributed by atoms with E-state index in [1.807, 2.05) is 0 Å². The molecule has 78 valence electrons. The Morgan fingerprint density at radius 2 is 2.13 bits per heavy atom. The molecule has 0 bridgehead atoms. The zero-order chi connectivity index (χ0) is 10.7. The van der Waals surface area contributed by atoms with Crippen molar-refractivity contribution < 1.29 is 5.11 Å². The van der Waals surface area contributed by atoms with Crippen molar-refractivity contribution in [3.8, 4) is 5.75 Å². The molecule has 0 amide bonds. The third-order valence-corrected chi connectivity index (χ3v) is 2.32. The lowest BCUT2D eigenvalue weighted by atomic mass is 10.1. The van der Waals surface area contributed by atoms with Gasteiger partial charge >= 0.3 is 0 Å². The zero-order valence-electron chi connectivity index (χ0n) is 8.35. The van der Waals surface area contributed by atoms with Crippen LogP contribution >= 0.6 is 0 Å². The molecule has 0 saturated carbocycles. The molecule has 2 aromatic rings. The van der Waals surface area contributed by atoms with Crippen LogP contribution in [0.2, 0.25) is 0 Å². The van der Waals surface area contributed by atoms with E-state index in [9.17, 15) is 5.11 Å². The van der Waals surface area contributed by atoms with Crippen molar-refractivity contribution >= 4 is 10.9 Å². The van der Waals surface area contributed by atoms with Crippen LogP contribution in [0, 0.1) is 0 Å². The molecule has 0 atom stereocenters. The largest absolute Gasteiger partial charge is 0.508 e. The number of hydrogen-bond donors (Lipinski definition) is 2. The van der Waals surface area contributed by atoms with Crippen molar-refractivity contribution in [2.45, 2.75) is 12.8 Å². The van der Waals surface area contributed by atoms with Gasteiger partial charge < -0.3 is 10.8 Å². The van der Waals surface area contributed by atoms with Gasteiger partial charge in [-0.1, -0.05) is 0 Å². The van der Waals surface area contributed by atoms with Crippen LogP contribution < -0.4 is 5.73 Å². The zero-order valence-corrected chi connectivity index (χ0v) is 8.35. The summed E-state index contributed by atoms with van der Waals surface area (Å²) < 4.78 is 0. The molecule has 1 aromatic carbocycles. The average molecular weight is 203 g/mol. The maximum Gasteiger partial charge on any atom is 0.116 e. The van der Waals surface area contributed by atoms with E-state index in [2.05, 4.69) is 9.97 Å². The van der Waals surface area contributed by atoms with Gasteiger partial charge in [0.1, 0.15) is 12.1 Å². The lowest BCUT2D eigenvalue weighted by molar-refractivity contribution is 0.476. The first kappa shape index (κ1) is 9.86. The first-order valence-corrected chi connectivity index (χ1v) is 4.94. The van der Waals surface area contributed by atoms with Crippen LogP contribution in [0.1, 0.15) is 12.1 Å². The van der Waals surface area contributed by atoms with Crippen molar-refractivity contribution in [1.82, 2.24) is 9.97 Å². The number of nitrogens with two attached hydrogens (primary N) is 1. The van der Waals surface area contributed by atoms with E-state index in [1.54, 1.807) is 24.5 Å². The summed E-state index contributed by atoms with van der Waals surface area (Å²) in [4.78, 5) is 8.35. The van der Waals surface area contributed by atoms with Crippen LogP contribution in [-0.4, -0.2) is 21.6 Å². The predicted molar refractivity (Wildman–Crippen MR) is 58.6 cm³/mol. The van der Waals surface area contributed by atoms with Crippen molar-refractivity contribution in [3.05, 3.63) is 30.2 Å². The number of rotatable bonds is 3. The number of aromatic nitrogens is 2. The number of fused-ring (bicyclic) bond motifs is 1. The van der Waals surface area contributed by atoms with E-state index in [-0.39, 0.29) is 5.75 Å². The highest BCUT2D eigenvalue weighted by atomic mass is 16.3. The summed E-state index contributed by atoms with van der Waals surface area (Å²) in [6.07, 6.45) is 3.26. The molecule has 0 fully saturated rings. The number of aryl methyl sites for hydroxylation is 1. The first-order valence-electron chi connectivity index (χ1n) is 4.94. The molecule has 4 nitrogen and oxygen atoms in total. The number of benzene rings is 1. The summed E-state index contributed by atoms with van der Waals surface area (Å²) in [6.45, 7) is 0.643. The molecule has 0 unspecified atom stereocenters. The van der Waals surface area contributed by atoms with Gasteiger partial charge in [0.05, 0.1) is 11.2 Å². The van der Waals surface area contributed by atoms with Crippen LogP contribution in [0.4, 0.5) is 0 Å². The lowest BCUT2D eigenvalue weighted by Crippen LogP contribution is -2.02. The van der Waals surface area contributed by atoms with Crippen molar-refractivity contribution in [1.29, 1.82) is 0 Å². The fraction of sp³-hybridized carbons (Fsp3) is 0.273. The smallest absolute Gasteiger partial charge is 0.116 e. The summed E-state index contributed by atoms with van der Waals surface area (Å²) >= 11 is 0. The Bertz CT molecular complexity index is 470. The SMILES string of the molecule is NCCCc1ncnc2ccc(O)cc12. The van der Waals surface area contributed by atoms with Crippen LogP contribution in [0.3, 0.4) is 0 Å². The van der Waals surface area contributed by atoms with Gasteiger partial charge in [0, 0.05) is 5.39 Å². The number of hydrogen-bond acceptors (Lipinski definition) is 4. The molecule has 0 saturated heterocycles. The molecule has 0 radical (unpaired) electrons. The van der Waals surface area contributed by atoms with E-state index >= 15 is 0 Å². The average Bonchev–Trinajstić information content (AvgIpc) is 2.26. The van der Waals surface area contributed by atoms with Gasteiger partial charge in [-0.25, -0.2) is 9.97 Å². The fourth-order valence-electron chi connectivity index (χ4n) is 1.57. The second-order valence-corrected chi connectivity index (χ2v) is 3.41. The second-order valence-electron chi connectivity index (χ2n) is 3.41. The van der Waals surface area contributed by atoms with E-state index in [1.165, 1.54) is 0 Å². The van der Waals surface area contributed by atoms with Gasteiger partial charge in [0.15, 0.2) is 0 Å². The molecule has 1 aromatic heterocycles. The van der Waals surface area contributed by atoms with Crippen LogP contribution in [0.15, 0.2) is 24.5 Å². The maximum atomic E-state index is 9.40. The van der Waals surface area contributed by atoms with Gasteiger partial charge in [0.2, 0.25) is 0 Å². The summed E-state index contributed by atoms with van der Waals surface area (Å²) in [5.74, 6) is 0.242. The van der Waals surface area contributed by atoms with Crippen LogP contribution in [0.5, 0.6) is 5.75 Å². The normalized spacial score (nSPS) is 10.7. The summed E-state index contributed by atoms with van der Waals surface area (Å²) in [7, 11) is 0. The Balaban J connectivity index is 2.48. The predicted octanol–water partition coefficient (Wildman–Crippen LogP) is 1.23. The van der Waals surface area contributed by atoms with Crippen LogP contribution in [-0.2, 0) is 6.42 Å². The maximum absolute atomic E-state index is 9.40. The highest BCUT2D eigenvalue weighted by molar-refractivity contribution is 5.82. The molecule has 15 heavy (non-hydrogen) atoms. The summed E-state index contributed by atoms with van der Waals surface area (Å²) in [5, 5.41) is 10.3. The minimum absolute atomic E-state index is 0.242. The molecular weight excluding hydrogens is 190 g/mol. The quantitative estimate of drug-likeness (QED) is 0.786. The minimum atomic E-state index is 0.242. The van der Waals surface area contributed by atoms with Gasteiger partial charge in [-0.05, 0) is 37.6 Å². The monoisotopic (exact) mass is 203 g/mol. The van der Waals surface area contributed by atoms with Crippen molar-refractivity contribution in [2.24, 2.45) is 5.73 Å². The molecule has 1 heterocycles. The Hall–Kier alpha value is -1.68. The second kappa shape index (κ2) is 4.23. The Labute approximate surface area is 87.8 Å². The van der Waals surface area contributed by atoms with Gasteiger partial charge in [-0.3, -0.25) is 0 Å². The Morgan fingerprint density at radius 1 is 1.27 bits per heavy atom. The third-order valence-electron chi connectivity index (χ3n) is 2.32. The Kier molecular flexibility index (Phi) is 2.78. The highest BCUT2D eigenvalue weighted by Crippen LogP contribution is 2.20. The van der Waals surface area contributed by atoms with Crippen molar-refractivity contribution in [3.63, 3.8) is 0 Å². The van der Waals surface area contributed by atoms with Gasteiger partial charge in [-0.2, -0.15) is 0 Å². The number of nitrogens with zero attached hydrogens (tertiary/aromatic N) is 2. The molecule has 0 aliphatic rings. The van der Waals surface area contributed by atoms with Crippen molar-refractivity contribution in [2.75, 3.05) is 6.54 Å². The molecule has 0 aliphatic carbocycles. The van der Waals surface area contributed by atoms with E-state index in [0.717, 1.165) is 29.4 Å². The Morgan fingerprint density at radius 3 is 2.93 bits per heavy atom. The summed E-state index contributed by atoms with van der Waals surface area (Å²) in [5.41, 5.74) is 7.26. The molecule has 4 heteroatoms. The third kappa shape index (κ3) is 2.05. The molecule has 0 aliphatic heterocycles. The van der Waals surface area contributed by atoms with Gasteiger partial charge in [0.25, 0.3) is 0 Å². The molecule has 2 rings (SSSR count). The molecule has 3 N–H and O–H groups in total. The lowest BCUT2D eigenvalue weighted by Gasteiger charge is -2.04. The fourth-order valence-corrected chi connectivity index (χ4v) is 1.57. The van der Waals surface area contributed by atoms with E-state index in [0.29, 0.717) is 6.54 Å². The standard InChI is InChI=1S/C11H13N3O/c12-5-1-2-10-9-6-8(15)3-4-11(9)14-7-13-10/h3-4,6-7,15H,1-2,5,12H2. The van der Waals surface area contributed by atoms with Gasteiger partial charge in [-0.15, -0.1) is 0 Å². The number of phenolic OH excluding ortho intramolecular Hbond substituents is 1. The van der Waals surface area contributed by atoms with Crippen LogP contribution in [0.25, 0.3) is 10.9 Å². The minimum Gasteiger partial charge on any atom is -0.508 e. The molecular formula is C11H13N3O. The number of aromatic hydroxyl groups is 1. The topological polar surface area (TPSA) is 72.0 Å². The van der Waals surface area contributed by atoms with E-state index in [4.69, 9.17) is 5.73 Å². The molecule has 0 spiro atoms. The first-order chi connectivity index (χ1) is 7.31. The summed E-state index contributed by atoms with van der Waals surface area (Å²) in [6, 6.07) is 5.11.